The van der Waals surface area contributed by atoms with Gasteiger partial charge in [-0.3, -0.25) is 4.55 Å². The van der Waals surface area contributed by atoms with Gasteiger partial charge in [-0.25, -0.2) is 4.39 Å². The first-order chi connectivity index (χ1) is 7.97. The van der Waals surface area contributed by atoms with Gasteiger partial charge in [0.1, 0.15) is 5.82 Å². The zero-order valence-corrected chi connectivity index (χ0v) is 13.6. The van der Waals surface area contributed by atoms with Crippen LogP contribution in [0.1, 0.15) is 0 Å². The first kappa shape index (κ1) is 16.0. The summed E-state index contributed by atoms with van der Waals surface area (Å²) in [7, 11) is -4.17. The van der Waals surface area contributed by atoms with Gasteiger partial charge in [0.05, 0.1) is 4.90 Å². The molecule has 1 N–H and O–H groups in total. The van der Waals surface area contributed by atoms with E-state index in [1.54, 1.807) is 24.3 Å². The molecule has 0 heterocycles. The van der Waals surface area contributed by atoms with Crippen LogP contribution in [0.2, 0.25) is 0 Å². The molecule has 0 fully saturated rings. The second kappa shape index (κ2) is 6.38. The van der Waals surface area contributed by atoms with E-state index in [0.29, 0.717) is 0 Å². The fourth-order valence-electron chi connectivity index (χ4n) is 1.46. The molecular weight excluding hydrogens is 282 g/mol. The summed E-state index contributed by atoms with van der Waals surface area (Å²) in [5.41, 5.74) is 1.52. The molecular formula is C12H9FKO3S. The summed E-state index contributed by atoms with van der Waals surface area (Å²) < 4.78 is 43.2. The van der Waals surface area contributed by atoms with Crippen LogP contribution in [0, 0.1) is 5.82 Å². The van der Waals surface area contributed by atoms with E-state index in [-0.39, 0.29) is 62.1 Å². The Morgan fingerprint density at radius 1 is 0.833 bits per heavy atom. The first-order valence-corrected chi connectivity index (χ1v) is 6.24. The monoisotopic (exact) mass is 291 g/mol. The molecule has 0 saturated heterocycles. The largest absolute Gasteiger partial charge is 0.294 e. The molecule has 18 heavy (non-hydrogen) atoms. The summed E-state index contributed by atoms with van der Waals surface area (Å²) in [5.74, 6) is -0.330. The Hall–Kier alpha value is -0.0836. The summed E-state index contributed by atoms with van der Waals surface area (Å²) in [6, 6.07) is 11.5. The maximum Gasteiger partial charge on any atom is 0.294 e. The van der Waals surface area contributed by atoms with Crippen LogP contribution < -0.4 is 0 Å². The van der Waals surface area contributed by atoms with Gasteiger partial charge >= 0.3 is 0 Å². The van der Waals surface area contributed by atoms with E-state index in [9.17, 15) is 12.8 Å². The summed E-state index contributed by atoms with van der Waals surface area (Å²) in [5, 5.41) is 0. The zero-order chi connectivity index (χ0) is 12.5. The molecule has 0 amide bonds. The quantitative estimate of drug-likeness (QED) is 0.682. The minimum atomic E-state index is -4.17. The maximum absolute atomic E-state index is 12.7. The predicted molar refractivity (Wildman–Crippen MR) is 67.4 cm³/mol. The van der Waals surface area contributed by atoms with Gasteiger partial charge in [0, 0.05) is 51.4 Å². The Morgan fingerprint density at radius 2 is 1.22 bits per heavy atom. The Balaban J connectivity index is 0.00000162. The molecule has 0 aromatic heterocycles. The predicted octanol–water partition coefficient (Wildman–Crippen LogP) is 2.36. The molecule has 0 aliphatic carbocycles. The van der Waals surface area contributed by atoms with Crippen molar-refractivity contribution in [3.63, 3.8) is 0 Å². The van der Waals surface area contributed by atoms with Crippen molar-refractivity contribution in [2.24, 2.45) is 0 Å². The van der Waals surface area contributed by atoms with Crippen LogP contribution in [0.4, 0.5) is 4.39 Å². The van der Waals surface area contributed by atoms with Crippen LogP contribution in [0.3, 0.4) is 0 Å². The van der Waals surface area contributed by atoms with Crippen molar-refractivity contribution in [2.45, 2.75) is 4.90 Å². The van der Waals surface area contributed by atoms with E-state index < -0.39 is 10.1 Å². The van der Waals surface area contributed by atoms with Crippen molar-refractivity contribution >= 4 is 61.5 Å². The van der Waals surface area contributed by atoms with E-state index in [2.05, 4.69) is 0 Å². The van der Waals surface area contributed by atoms with Gasteiger partial charge in [0.15, 0.2) is 0 Å². The second-order valence-electron chi connectivity index (χ2n) is 3.51. The van der Waals surface area contributed by atoms with Crippen LogP contribution in [-0.4, -0.2) is 64.4 Å². The van der Waals surface area contributed by atoms with Gasteiger partial charge in [-0.15, -0.1) is 0 Å². The van der Waals surface area contributed by atoms with Crippen molar-refractivity contribution in [3.05, 3.63) is 54.3 Å². The standard InChI is InChI=1S/C12H9FO3S.K/c13-11-5-1-9(2-6-11)10-3-7-12(8-4-10)17(14,15)16;/h1-8H,(H,14,15,16);. The topological polar surface area (TPSA) is 54.4 Å². The van der Waals surface area contributed by atoms with E-state index in [1.165, 1.54) is 24.3 Å². The molecule has 0 aliphatic rings. The van der Waals surface area contributed by atoms with Gasteiger partial charge < -0.3 is 0 Å². The van der Waals surface area contributed by atoms with E-state index in [0.717, 1.165) is 11.1 Å². The minimum Gasteiger partial charge on any atom is -0.282 e. The number of hydrogen-bond acceptors (Lipinski definition) is 2. The Morgan fingerprint density at radius 3 is 1.61 bits per heavy atom. The molecule has 2 aromatic carbocycles. The summed E-state index contributed by atoms with van der Waals surface area (Å²) in [6.07, 6.45) is 0. The Kier molecular flexibility index (Phi) is 5.66. The van der Waals surface area contributed by atoms with Crippen LogP contribution in [0.5, 0.6) is 0 Å². The molecule has 0 aliphatic heterocycles. The first-order valence-electron chi connectivity index (χ1n) is 4.80. The Bertz CT molecular complexity index is 621. The fourth-order valence-corrected chi connectivity index (χ4v) is 1.94. The number of rotatable bonds is 2. The van der Waals surface area contributed by atoms with Crippen molar-refractivity contribution in [3.8, 4) is 11.1 Å². The summed E-state index contributed by atoms with van der Waals surface area (Å²) in [6.45, 7) is 0. The van der Waals surface area contributed by atoms with Crippen molar-refractivity contribution in [2.75, 3.05) is 0 Å². The van der Waals surface area contributed by atoms with Crippen LogP contribution in [0.25, 0.3) is 11.1 Å². The maximum atomic E-state index is 12.7. The molecule has 1 radical (unpaired) electrons. The molecule has 2 rings (SSSR count). The fraction of sp³-hybridized carbons (Fsp3) is 0. The van der Waals surface area contributed by atoms with Crippen molar-refractivity contribution in [1.29, 1.82) is 0 Å². The molecule has 0 atom stereocenters. The third-order valence-electron chi connectivity index (χ3n) is 2.33. The van der Waals surface area contributed by atoms with Crippen molar-refractivity contribution < 1.29 is 17.4 Å². The molecule has 0 bridgehead atoms. The summed E-state index contributed by atoms with van der Waals surface area (Å²) in [4.78, 5) is -0.164. The van der Waals surface area contributed by atoms with E-state index in [1.807, 2.05) is 0 Å². The SMILES string of the molecule is O=S(=O)(O)c1ccc(-c2ccc(F)cc2)cc1.[K]. The number of benzene rings is 2. The second-order valence-corrected chi connectivity index (χ2v) is 4.93. The summed E-state index contributed by atoms with van der Waals surface area (Å²) >= 11 is 0. The molecule has 3 nitrogen and oxygen atoms in total. The normalized spacial score (nSPS) is 10.8. The van der Waals surface area contributed by atoms with E-state index >= 15 is 0 Å². The van der Waals surface area contributed by atoms with Gasteiger partial charge in [-0.05, 0) is 35.4 Å². The smallest absolute Gasteiger partial charge is 0.282 e. The van der Waals surface area contributed by atoms with Crippen molar-refractivity contribution in [1.82, 2.24) is 0 Å². The third kappa shape index (κ3) is 3.96. The number of hydrogen-bond donors (Lipinski definition) is 1. The van der Waals surface area contributed by atoms with Gasteiger partial charge in [0.2, 0.25) is 0 Å². The minimum absolute atomic E-state index is 0. The number of halogens is 1. The van der Waals surface area contributed by atoms with Gasteiger partial charge in [-0.2, -0.15) is 8.42 Å². The molecule has 0 unspecified atom stereocenters. The molecule has 89 valence electrons. The Labute approximate surface area is 147 Å². The molecule has 0 saturated carbocycles. The van der Waals surface area contributed by atoms with E-state index in [4.69, 9.17) is 4.55 Å². The molecule has 6 heteroatoms. The van der Waals surface area contributed by atoms with Gasteiger partial charge in [0.25, 0.3) is 10.1 Å². The van der Waals surface area contributed by atoms with Crippen LogP contribution >= 0.6 is 0 Å². The average Bonchev–Trinajstić information content (AvgIpc) is 2.29. The van der Waals surface area contributed by atoms with Crippen LogP contribution in [-0.2, 0) is 10.1 Å². The molecule has 2 aromatic rings. The zero-order valence-electron chi connectivity index (χ0n) is 9.67. The average molecular weight is 291 g/mol. The van der Waals surface area contributed by atoms with Gasteiger partial charge in [-0.1, -0.05) is 24.3 Å². The third-order valence-corrected chi connectivity index (χ3v) is 3.20. The van der Waals surface area contributed by atoms with Crippen LogP contribution in [0.15, 0.2) is 53.4 Å². The molecule has 0 spiro atoms.